The van der Waals surface area contributed by atoms with Gasteiger partial charge in [0.1, 0.15) is 0 Å². The Kier molecular flexibility index (Phi) is 10.5. The third-order valence-corrected chi connectivity index (χ3v) is 13.6. The van der Waals surface area contributed by atoms with Crippen LogP contribution < -0.4 is 0 Å². The Morgan fingerprint density at radius 3 is 1.64 bits per heavy atom. The fraction of sp³-hybridized carbons (Fsp3) is 0.538. The molecular weight excluding hydrogens is 516 g/mol. The maximum Gasteiger partial charge on any atom is 0.297 e. The first-order chi connectivity index (χ1) is 16.5. The molecule has 0 spiro atoms. The number of benzene rings is 2. The highest BCUT2D eigenvalue weighted by atomic mass is 32.2. The summed E-state index contributed by atoms with van der Waals surface area (Å²) in [6.45, 7) is 14.2. The predicted octanol–water partition coefficient (Wildman–Crippen LogP) is 5.97. The van der Waals surface area contributed by atoms with Gasteiger partial charge in [0, 0.05) is 0 Å². The van der Waals surface area contributed by atoms with Gasteiger partial charge in [0.25, 0.3) is 20.2 Å². The lowest BCUT2D eigenvalue weighted by Crippen LogP contribution is -2.45. The number of hydrogen-bond donors (Lipinski definition) is 0. The molecule has 2 rings (SSSR count). The number of rotatable bonds is 13. The summed E-state index contributed by atoms with van der Waals surface area (Å²) in [7, 11) is -9.94. The molecule has 0 heterocycles. The van der Waals surface area contributed by atoms with Gasteiger partial charge in [-0.15, -0.1) is 0 Å². The highest BCUT2D eigenvalue weighted by Crippen LogP contribution is 2.38. The number of hydrogen-bond acceptors (Lipinski definition) is 7. The molecule has 0 fully saturated rings. The Morgan fingerprint density at radius 1 is 0.750 bits per heavy atom. The van der Waals surface area contributed by atoms with Crippen molar-refractivity contribution in [2.75, 3.05) is 13.2 Å². The number of aryl methyl sites for hydroxylation is 2. The maximum atomic E-state index is 12.7. The van der Waals surface area contributed by atoms with Crippen LogP contribution in [0.2, 0.25) is 18.1 Å². The van der Waals surface area contributed by atoms with Gasteiger partial charge >= 0.3 is 0 Å². The molecule has 0 N–H and O–H groups in total. The van der Waals surface area contributed by atoms with E-state index in [1.807, 2.05) is 13.8 Å². The quantitative estimate of drug-likeness (QED) is 0.170. The minimum Gasteiger partial charge on any atom is -0.412 e. The van der Waals surface area contributed by atoms with Crippen molar-refractivity contribution in [3.63, 3.8) is 0 Å². The van der Waals surface area contributed by atoms with Crippen molar-refractivity contribution in [1.29, 1.82) is 0 Å². The van der Waals surface area contributed by atoms with Crippen molar-refractivity contribution in [1.82, 2.24) is 0 Å². The first-order valence-corrected chi connectivity index (χ1v) is 17.9. The van der Waals surface area contributed by atoms with E-state index in [-0.39, 0.29) is 28.0 Å². The molecule has 0 saturated carbocycles. The van der Waals surface area contributed by atoms with E-state index in [4.69, 9.17) is 12.8 Å². The molecule has 2 aromatic rings. The summed E-state index contributed by atoms with van der Waals surface area (Å²) in [4.78, 5) is 0.232. The zero-order valence-corrected chi connectivity index (χ0v) is 25.0. The highest BCUT2D eigenvalue weighted by Gasteiger charge is 2.39. The summed E-state index contributed by atoms with van der Waals surface area (Å²) in [5.41, 5.74) is 1.92. The number of unbranched alkanes of at least 4 members (excludes halogenated alkanes) is 1. The van der Waals surface area contributed by atoms with E-state index >= 15 is 0 Å². The van der Waals surface area contributed by atoms with E-state index in [1.54, 1.807) is 24.3 Å². The molecule has 36 heavy (non-hydrogen) atoms. The average Bonchev–Trinajstić information content (AvgIpc) is 2.76. The van der Waals surface area contributed by atoms with Crippen molar-refractivity contribution in [3.05, 3.63) is 59.7 Å². The van der Waals surface area contributed by atoms with Gasteiger partial charge in [-0.2, -0.15) is 16.8 Å². The highest BCUT2D eigenvalue weighted by molar-refractivity contribution is 7.87. The van der Waals surface area contributed by atoms with Gasteiger partial charge in [-0.25, -0.2) is 0 Å². The molecule has 2 aromatic carbocycles. The normalized spacial score (nSPS) is 14.1. The second-order valence-corrected chi connectivity index (χ2v) is 18.6. The summed E-state index contributed by atoms with van der Waals surface area (Å²) < 4.78 is 67.2. The Labute approximate surface area is 218 Å². The molecule has 0 aliphatic rings. The van der Waals surface area contributed by atoms with Gasteiger partial charge in [0.15, 0.2) is 8.32 Å². The lowest BCUT2D eigenvalue weighted by Gasteiger charge is -2.39. The zero-order chi connectivity index (χ0) is 27.2. The van der Waals surface area contributed by atoms with Crippen LogP contribution in [0.3, 0.4) is 0 Å². The first kappa shape index (κ1) is 30.7. The van der Waals surface area contributed by atoms with E-state index in [2.05, 4.69) is 33.9 Å². The average molecular weight is 557 g/mol. The van der Waals surface area contributed by atoms with E-state index in [0.29, 0.717) is 19.3 Å². The van der Waals surface area contributed by atoms with Crippen LogP contribution in [-0.2, 0) is 33.0 Å². The van der Waals surface area contributed by atoms with Gasteiger partial charge in [0.05, 0.1) is 29.1 Å². The van der Waals surface area contributed by atoms with Crippen molar-refractivity contribution >= 4 is 28.6 Å². The van der Waals surface area contributed by atoms with Crippen LogP contribution in [0.1, 0.15) is 51.2 Å². The van der Waals surface area contributed by atoms with Crippen molar-refractivity contribution in [3.8, 4) is 0 Å². The fourth-order valence-corrected chi connectivity index (χ4v) is 6.38. The molecule has 0 saturated heterocycles. The molecule has 0 aromatic heterocycles. The van der Waals surface area contributed by atoms with Crippen LogP contribution in [0.25, 0.3) is 0 Å². The van der Waals surface area contributed by atoms with Crippen molar-refractivity contribution in [2.24, 2.45) is 0 Å². The molecule has 0 bridgehead atoms. The Bertz CT molecular complexity index is 1180. The minimum atomic E-state index is -3.92. The van der Waals surface area contributed by atoms with Crippen LogP contribution in [0.4, 0.5) is 0 Å². The molecule has 1 unspecified atom stereocenters. The Morgan fingerprint density at radius 2 is 1.19 bits per heavy atom. The lowest BCUT2D eigenvalue weighted by molar-refractivity contribution is 0.107. The van der Waals surface area contributed by atoms with E-state index < -0.39 is 34.7 Å². The van der Waals surface area contributed by atoms with Gasteiger partial charge in [-0.05, 0) is 75.5 Å². The Balaban J connectivity index is 1.99. The third-order valence-electron chi connectivity index (χ3n) is 6.45. The third kappa shape index (κ3) is 9.07. The summed E-state index contributed by atoms with van der Waals surface area (Å²) in [6.07, 6.45) is 1.15. The lowest BCUT2D eigenvalue weighted by atomic mass is 10.2. The maximum absolute atomic E-state index is 12.7. The van der Waals surface area contributed by atoms with Crippen LogP contribution in [0.15, 0.2) is 58.3 Å². The predicted molar refractivity (Wildman–Crippen MR) is 145 cm³/mol. The minimum absolute atomic E-state index is 0.0333. The van der Waals surface area contributed by atoms with E-state index in [1.165, 1.54) is 24.3 Å². The molecule has 0 aliphatic carbocycles. The van der Waals surface area contributed by atoms with Gasteiger partial charge in [-0.1, -0.05) is 56.2 Å². The van der Waals surface area contributed by atoms with Gasteiger partial charge in [0.2, 0.25) is 0 Å². The molecular formula is C26H40O7S2Si. The summed E-state index contributed by atoms with van der Waals surface area (Å²) in [5.74, 6) is 0. The molecule has 0 radical (unpaired) electrons. The smallest absolute Gasteiger partial charge is 0.297 e. The molecule has 1 atom stereocenters. The van der Waals surface area contributed by atoms with E-state index in [0.717, 1.165) is 11.1 Å². The van der Waals surface area contributed by atoms with Gasteiger partial charge in [-0.3, -0.25) is 8.37 Å². The summed E-state index contributed by atoms with van der Waals surface area (Å²) >= 11 is 0. The van der Waals surface area contributed by atoms with Crippen LogP contribution >= 0.6 is 0 Å². The molecule has 202 valence electrons. The molecule has 7 nitrogen and oxygen atoms in total. The second kappa shape index (κ2) is 12.3. The Hall–Kier alpha value is -1.56. The second-order valence-electron chi connectivity index (χ2n) is 10.6. The molecule has 0 aliphatic heterocycles. The largest absolute Gasteiger partial charge is 0.412 e. The monoisotopic (exact) mass is 556 g/mol. The standard InChI is InChI=1S/C26H40O7S2Si/c1-21-11-15-24(16-12-21)34(27,28)31-19-9-8-10-23(33-36(6,7)26(3,4)5)20-32-35(29,30)25-17-13-22(2)14-18-25/h11-18,23H,8-10,19-20H2,1-7H3. The van der Waals surface area contributed by atoms with Crippen molar-refractivity contribution < 1.29 is 29.6 Å². The van der Waals surface area contributed by atoms with Crippen LogP contribution in [0, 0.1) is 13.8 Å². The topological polar surface area (TPSA) is 96.0 Å². The summed E-state index contributed by atoms with van der Waals surface area (Å²) in [5, 5.41) is -0.0632. The summed E-state index contributed by atoms with van der Waals surface area (Å²) in [6, 6.07) is 13.0. The van der Waals surface area contributed by atoms with E-state index in [9.17, 15) is 16.8 Å². The van der Waals surface area contributed by atoms with Gasteiger partial charge < -0.3 is 4.43 Å². The van der Waals surface area contributed by atoms with Crippen molar-refractivity contribution in [2.45, 2.75) is 87.9 Å². The molecule has 10 heteroatoms. The van der Waals surface area contributed by atoms with Crippen LogP contribution in [0.5, 0.6) is 0 Å². The van der Waals surface area contributed by atoms with Crippen LogP contribution in [-0.4, -0.2) is 44.5 Å². The molecule has 0 amide bonds. The SMILES string of the molecule is Cc1ccc(S(=O)(=O)OCCCCC(COS(=O)(=O)c2ccc(C)cc2)O[Si](C)(C)C(C)(C)C)cc1. The fourth-order valence-electron chi connectivity index (χ4n) is 3.12. The first-order valence-electron chi connectivity index (χ1n) is 12.1. The zero-order valence-electron chi connectivity index (χ0n) is 22.4.